The Morgan fingerprint density at radius 1 is 1.33 bits per heavy atom. The molecule has 0 fully saturated rings. The number of nitrogens with one attached hydrogen (secondary N) is 1. The number of nitrogens with zero attached hydrogens (tertiary/aromatic N) is 1. The highest BCUT2D eigenvalue weighted by atomic mass is 16.3. The number of fused-ring (bicyclic) bond motifs is 1. The van der Waals surface area contributed by atoms with Gasteiger partial charge in [0, 0.05) is 24.9 Å². The number of carbonyl (C=O) groups excluding carboxylic acids is 1. The average Bonchev–Trinajstić information content (AvgIpc) is 2.90. The molecule has 0 spiro atoms. The van der Waals surface area contributed by atoms with Gasteiger partial charge in [-0.3, -0.25) is 9.69 Å². The summed E-state index contributed by atoms with van der Waals surface area (Å²) in [5, 5.41) is 11.9. The summed E-state index contributed by atoms with van der Waals surface area (Å²) in [4.78, 5) is 14.3. The van der Waals surface area contributed by atoms with Gasteiger partial charge in [-0.1, -0.05) is 6.07 Å². The normalized spacial score (nSPS) is 13.8. The van der Waals surface area contributed by atoms with E-state index in [2.05, 4.69) is 36.2 Å². The van der Waals surface area contributed by atoms with Crippen molar-refractivity contribution in [1.29, 1.82) is 0 Å². The molecule has 1 amide bonds. The molecule has 4 nitrogen and oxygen atoms in total. The maximum absolute atomic E-state index is 12.2. The lowest BCUT2D eigenvalue weighted by Gasteiger charge is -2.25. The van der Waals surface area contributed by atoms with Crippen molar-refractivity contribution in [3.05, 3.63) is 29.3 Å². The lowest BCUT2D eigenvalue weighted by Crippen LogP contribution is -2.39. The number of benzene rings is 1. The Morgan fingerprint density at radius 3 is 2.81 bits per heavy atom. The van der Waals surface area contributed by atoms with Gasteiger partial charge in [-0.25, -0.2) is 0 Å². The number of aliphatic hydroxyl groups is 1. The Bertz CT molecular complexity index is 486. The van der Waals surface area contributed by atoms with Gasteiger partial charge in [0.15, 0.2) is 0 Å². The first kappa shape index (κ1) is 16.0. The summed E-state index contributed by atoms with van der Waals surface area (Å²) >= 11 is 0. The third kappa shape index (κ3) is 4.55. The molecule has 116 valence electrons. The smallest absolute Gasteiger partial charge is 0.238 e. The number of carbonyl (C=O) groups is 1. The average molecular weight is 290 g/mol. The summed E-state index contributed by atoms with van der Waals surface area (Å²) < 4.78 is 0. The van der Waals surface area contributed by atoms with Crippen molar-refractivity contribution in [3.8, 4) is 0 Å². The highest BCUT2D eigenvalue weighted by Crippen LogP contribution is 2.24. The molecule has 4 heteroatoms. The van der Waals surface area contributed by atoms with Crippen LogP contribution in [0.3, 0.4) is 0 Å². The number of amides is 1. The van der Waals surface area contributed by atoms with E-state index < -0.39 is 0 Å². The van der Waals surface area contributed by atoms with Gasteiger partial charge in [0.1, 0.15) is 0 Å². The van der Waals surface area contributed by atoms with E-state index in [4.69, 9.17) is 5.11 Å². The molecule has 1 aromatic carbocycles. The highest BCUT2D eigenvalue weighted by Gasteiger charge is 2.15. The van der Waals surface area contributed by atoms with Crippen molar-refractivity contribution in [3.63, 3.8) is 0 Å². The standard InChI is InChI=1S/C17H26N2O2/c1-13(2)19(9-4-10-20)12-17(21)18-16-8-7-14-5-3-6-15(14)11-16/h7-8,11,13,20H,3-6,9-10,12H2,1-2H3,(H,18,21). The molecule has 0 aromatic heterocycles. The van der Waals surface area contributed by atoms with Crippen LogP contribution in [0.5, 0.6) is 0 Å². The predicted octanol–water partition coefficient (Wildman–Crippen LogP) is 2.21. The number of anilines is 1. The molecule has 1 aromatic rings. The number of hydrogen-bond donors (Lipinski definition) is 2. The fourth-order valence-corrected chi connectivity index (χ4v) is 2.83. The molecule has 2 rings (SSSR count). The predicted molar refractivity (Wildman–Crippen MR) is 85.5 cm³/mol. The Morgan fingerprint density at radius 2 is 2.10 bits per heavy atom. The summed E-state index contributed by atoms with van der Waals surface area (Å²) in [5.41, 5.74) is 3.68. The molecule has 0 unspecified atom stereocenters. The molecule has 21 heavy (non-hydrogen) atoms. The van der Waals surface area contributed by atoms with E-state index in [1.54, 1.807) is 0 Å². The van der Waals surface area contributed by atoms with E-state index in [0.29, 0.717) is 19.0 Å². The van der Waals surface area contributed by atoms with Crippen LogP contribution in [0.1, 0.15) is 37.8 Å². The van der Waals surface area contributed by atoms with E-state index in [-0.39, 0.29) is 12.5 Å². The molecule has 0 saturated carbocycles. The first-order chi connectivity index (χ1) is 10.1. The van der Waals surface area contributed by atoms with Gasteiger partial charge in [0.25, 0.3) is 0 Å². The Kier molecular flexibility index (Phi) is 5.76. The molecule has 0 radical (unpaired) electrons. The Hall–Kier alpha value is -1.39. The maximum Gasteiger partial charge on any atom is 0.238 e. The molecule has 2 N–H and O–H groups in total. The van der Waals surface area contributed by atoms with E-state index in [1.807, 2.05) is 6.07 Å². The number of aliphatic hydroxyl groups excluding tert-OH is 1. The van der Waals surface area contributed by atoms with Crippen LogP contribution in [0.25, 0.3) is 0 Å². The summed E-state index contributed by atoms with van der Waals surface area (Å²) in [6, 6.07) is 6.52. The van der Waals surface area contributed by atoms with Gasteiger partial charge in [0.2, 0.25) is 5.91 Å². The third-order valence-electron chi connectivity index (χ3n) is 4.06. The molecule has 1 aliphatic carbocycles. The van der Waals surface area contributed by atoms with E-state index in [0.717, 1.165) is 25.1 Å². The molecule has 0 atom stereocenters. The summed E-state index contributed by atoms with van der Waals surface area (Å²) in [7, 11) is 0. The minimum Gasteiger partial charge on any atom is -0.396 e. The number of rotatable bonds is 7. The van der Waals surface area contributed by atoms with E-state index in [1.165, 1.54) is 17.5 Å². The molecule has 0 bridgehead atoms. The Labute approximate surface area is 127 Å². The minimum atomic E-state index is 0.0135. The number of aryl methyl sites for hydroxylation is 2. The maximum atomic E-state index is 12.2. The second-order valence-electron chi connectivity index (χ2n) is 6.03. The van der Waals surface area contributed by atoms with Crippen LogP contribution >= 0.6 is 0 Å². The fourth-order valence-electron chi connectivity index (χ4n) is 2.83. The quantitative estimate of drug-likeness (QED) is 0.809. The van der Waals surface area contributed by atoms with Gasteiger partial charge < -0.3 is 10.4 Å². The van der Waals surface area contributed by atoms with Gasteiger partial charge >= 0.3 is 0 Å². The monoisotopic (exact) mass is 290 g/mol. The fraction of sp³-hybridized carbons (Fsp3) is 0.588. The minimum absolute atomic E-state index is 0.0135. The van der Waals surface area contributed by atoms with Gasteiger partial charge in [-0.05, 0) is 62.8 Å². The van der Waals surface area contributed by atoms with E-state index >= 15 is 0 Å². The topological polar surface area (TPSA) is 52.6 Å². The first-order valence-electron chi connectivity index (χ1n) is 7.86. The molecule has 0 aliphatic heterocycles. The highest BCUT2D eigenvalue weighted by molar-refractivity contribution is 5.92. The van der Waals surface area contributed by atoms with Crippen LogP contribution in [0.15, 0.2) is 18.2 Å². The van der Waals surface area contributed by atoms with Crippen LogP contribution in [0, 0.1) is 0 Å². The summed E-state index contributed by atoms with van der Waals surface area (Å²) in [6.07, 6.45) is 4.19. The molecular formula is C17H26N2O2. The second kappa shape index (κ2) is 7.57. The molecular weight excluding hydrogens is 264 g/mol. The van der Waals surface area contributed by atoms with E-state index in [9.17, 15) is 4.79 Å². The lowest BCUT2D eigenvalue weighted by molar-refractivity contribution is -0.117. The zero-order valence-corrected chi connectivity index (χ0v) is 13.1. The Balaban J connectivity index is 1.91. The molecule has 0 heterocycles. The summed E-state index contributed by atoms with van der Waals surface area (Å²) in [5.74, 6) is 0.0135. The van der Waals surface area contributed by atoms with Crippen LogP contribution in [0.2, 0.25) is 0 Å². The SMILES string of the molecule is CC(C)N(CCCO)CC(=O)Nc1ccc2c(c1)CCC2. The summed E-state index contributed by atoms with van der Waals surface area (Å²) in [6.45, 7) is 5.41. The van der Waals surface area contributed by atoms with Crippen molar-refractivity contribution < 1.29 is 9.90 Å². The number of hydrogen-bond acceptors (Lipinski definition) is 3. The van der Waals surface area contributed by atoms with Crippen LogP contribution in [-0.2, 0) is 17.6 Å². The first-order valence-corrected chi connectivity index (χ1v) is 7.86. The largest absolute Gasteiger partial charge is 0.396 e. The van der Waals surface area contributed by atoms with Crippen molar-refractivity contribution >= 4 is 11.6 Å². The van der Waals surface area contributed by atoms with Crippen LogP contribution < -0.4 is 5.32 Å². The van der Waals surface area contributed by atoms with Crippen molar-refractivity contribution in [2.75, 3.05) is 25.0 Å². The lowest BCUT2D eigenvalue weighted by atomic mass is 10.1. The van der Waals surface area contributed by atoms with Crippen LogP contribution in [0.4, 0.5) is 5.69 Å². The molecule has 1 aliphatic rings. The second-order valence-corrected chi connectivity index (χ2v) is 6.03. The third-order valence-corrected chi connectivity index (χ3v) is 4.06. The molecule has 0 saturated heterocycles. The zero-order valence-electron chi connectivity index (χ0n) is 13.1. The van der Waals surface area contributed by atoms with Gasteiger partial charge in [-0.2, -0.15) is 0 Å². The van der Waals surface area contributed by atoms with Crippen LogP contribution in [-0.4, -0.2) is 41.7 Å². The zero-order chi connectivity index (χ0) is 15.2. The van der Waals surface area contributed by atoms with Gasteiger partial charge in [-0.15, -0.1) is 0 Å². The van der Waals surface area contributed by atoms with Crippen molar-refractivity contribution in [2.45, 2.75) is 45.6 Å². The van der Waals surface area contributed by atoms with Crippen molar-refractivity contribution in [1.82, 2.24) is 4.90 Å². The van der Waals surface area contributed by atoms with Crippen molar-refractivity contribution in [2.24, 2.45) is 0 Å². The van der Waals surface area contributed by atoms with Gasteiger partial charge in [0.05, 0.1) is 6.54 Å².